The van der Waals surface area contributed by atoms with Crippen LogP contribution in [0.2, 0.25) is 0 Å². The Balaban J connectivity index is 1.66. The van der Waals surface area contributed by atoms with E-state index in [1.54, 1.807) is 18.2 Å². The molecule has 0 aliphatic rings. The second kappa shape index (κ2) is 9.38. The predicted molar refractivity (Wildman–Crippen MR) is 113 cm³/mol. The van der Waals surface area contributed by atoms with Gasteiger partial charge in [0.25, 0.3) is 5.91 Å². The Morgan fingerprint density at radius 2 is 1.77 bits per heavy atom. The van der Waals surface area contributed by atoms with Crippen LogP contribution in [0, 0.1) is 24.1 Å². The van der Waals surface area contributed by atoms with Gasteiger partial charge in [-0.2, -0.15) is 5.26 Å². The third-order valence-corrected chi connectivity index (χ3v) is 5.62. The number of anilines is 1. The van der Waals surface area contributed by atoms with Crippen molar-refractivity contribution in [3.63, 3.8) is 0 Å². The van der Waals surface area contributed by atoms with Gasteiger partial charge in [0.2, 0.25) is 10.0 Å². The number of carbonyl (C=O) groups is 1. The number of hydrogen-bond donors (Lipinski definition) is 2. The third-order valence-electron chi connectivity index (χ3n) is 4.20. The topological polar surface area (TPSA) is 112 Å². The molecule has 3 aromatic rings. The zero-order valence-corrected chi connectivity index (χ0v) is 17.2. The lowest BCUT2D eigenvalue weighted by molar-refractivity contribution is -0.112. The van der Waals surface area contributed by atoms with E-state index in [0.29, 0.717) is 11.4 Å². The first-order valence-corrected chi connectivity index (χ1v) is 10.6. The van der Waals surface area contributed by atoms with Gasteiger partial charge in [0, 0.05) is 11.8 Å². The molecule has 3 rings (SSSR count). The van der Waals surface area contributed by atoms with E-state index in [0.717, 1.165) is 5.56 Å². The van der Waals surface area contributed by atoms with Gasteiger partial charge in [0.15, 0.2) is 0 Å². The average Bonchev–Trinajstić information content (AvgIpc) is 3.20. The smallest absolute Gasteiger partial charge is 0.266 e. The molecule has 2 N–H and O–H groups in total. The maximum Gasteiger partial charge on any atom is 0.266 e. The Bertz CT molecular complexity index is 1260. The summed E-state index contributed by atoms with van der Waals surface area (Å²) < 4.78 is 45.6. The molecule has 0 aliphatic heterocycles. The summed E-state index contributed by atoms with van der Waals surface area (Å²) in [6.45, 7) is 1.75. The van der Waals surface area contributed by atoms with Crippen LogP contribution in [0.5, 0.6) is 0 Å². The summed E-state index contributed by atoms with van der Waals surface area (Å²) in [5, 5.41) is 11.8. The van der Waals surface area contributed by atoms with Gasteiger partial charge >= 0.3 is 0 Å². The minimum atomic E-state index is -3.71. The molecular weight excluding hydrogens is 421 g/mol. The van der Waals surface area contributed by atoms with Crippen molar-refractivity contribution in [2.45, 2.75) is 18.4 Å². The lowest BCUT2D eigenvalue weighted by atomic mass is 10.2. The highest BCUT2D eigenvalue weighted by atomic mass is 32.2. The summed E-state index contributed by atoms with van der Waals surface area (Å²) in [4.78, 5) is 12.4. The molecule has 0 saturated carbocycles. The highest BCUT2D eigenvalue weighted by molar-refractivity contribution is 7.89. The first kappa shape index (κ1) is 22.0. The number of nitrogens with one attached hydrogen (secondary N) is 2. The first-order chi connectivity index (χ1) is 14.8. The van der Waals surface area contributed by atoms with Crippen LogP contribution in [-0.4, -0.2) is 14.3 Å². The highest BCUT2D eigenvalue weighted by Crippen LogP contribution is 2.16. The maximum absolute atomic E-state index is 13.0. The highest BCUT2D eigenvalue weighted by Gasteiger charge is 2.15. The summed E-state index contributed by atoms with van der Waals surface area (Å²) in [5.41, 5.74) is 1.04. The molecular formula is C22H18FN3O4S. The molecule has 1 amide bonds. The fourth-order valence-electron chi connectivity index (χ4n) is 2.56. The van der Waals surface area contributed by atoms with E-state index in [1.165, 1.54) is 54.6 Å². The number of amides is 1. The second-order valence-corrected chi connectivity index (χ2v) is 8.34. The van der Waals surface area contributed by atoms with Crippen LogP contribution in [0.3, 0.4) is 0 Å². The van der Waals surface area contributed by atoms with Gasteiger partial charge in [0.05, 0.1) is 11.4 Å². The van der Waals surface area contributed by atoms with E-state index < -0.39 is 21.7 Å². The van der Waals surface area contributed by atoms with Crippen molar-refractivity contribution < 1.29 is 22.0 Å². The third kappa shape index (κ3) is 5.88. The first-order valence-electron chi connectivity index (χ1n) is 9.10. The van der Waals surface area contributed by atoms with E-state index in [9.17, 15) is 22.9 Å². The average molecular weight is 439 g/mol. The second-order valence-electron chi connectivity index (χ2n) is 6.57. The number of aryl methyl sites for hydroxylation is 1. The van der Waals surface area contributed by atoms with Crippen LogP contribution in [0.1, 0.15) is 17.1 Å². The SMILES string of the molecule is Cc1ccc(S(=O)(=O)NCc2ccc(C=C(C#N)C(=O)Nc3ccc(F)cc3)o2)cc1. The summed E-state index contributed by atoms with van der Waals surface area (Å²) in [5.74, 6) is -0.629. The van der Waals surface area contributed by atoms with Gasteiger partial charge in [0.1, 0.15) is 29.0 Å². The summed E-state index contributed by atoms with van der Waals surface area (Å²) in [6.07, 6.45) is 1.23. The number of carbonyl (C=O) groups excluding carboxylic acids is 1. The fourth-order valence-corrected chi connectivity index (χ4v) is 3.55. The summed E-state index contributed by atoms with van der Waals surface area (Å²) >= 11 is 0. The Labute approximate surface area is 178 Å². The molecule has 1 heterocycles. The molecule has 0 atom stereocenters. The quantitative estimate of drug-likeness (QED) is 0.430. The number of halogens is 1. The van der Waals surface area contributed by atoms with Crippen LogP contribution < -0.4 is 10.0 Å². The van der Waals surface area contributed by atoms with Gasteiger partial charge in [-0.15, -0.1) is 0 Å². The van der Waals surface area contributed by atoms with Crippen molar-refractivity contribution in [3.8, 4) is 6.07 Å². The molecule has 158 valence electrons. The molecule has 0 bridgehead atoms. The van der Waals surface area contributed by atoms with Gasteiger partial charge in [-0.25, -0.2) is 17.5 Å². The maximum atomic E-state index is 13.0. The molecule has 0 radical (unpaired) electrons. The number of benzene rings is 2. The van der Waals surface area contributed by atoms with E-state index >= 15 is 0 Å². The zero-order valence-electron chi connectivity index (χ0n) is 16.4. The normalized spacial score (nSPS) is 11.7. The van der Waals surface area contributed by atoms with Gasteiger partial charge in [-0.1, -0.05) is 17.7 Å². The molecule has 0 aliphatic carbocycles. The van der Waals surface area contributed by atoms with E-state index in [2.05, 4.69) is 10.0 Å². The number of nitriles is 1. The van der Waals surface area contributed by atoms with Crippen molar-refractivity contribution in [2.75, 3.05) is 5.32 Å². The van der Waals surface area contributed by atoms with Gasteiger partial charge in [-0.05, 0) is 55.5 Å². The zero-order chi connectivity index (χ0) is 22.4. The molecule has 2 aromatic carbocycles. The molecule has 0 spiro atoms. The number of furan rings is 1. The predicted octanol–water partition coefficient (Wildman–Crippen LogP) is 3.75. The monoisotopic (exact) mass is 439 g/mol. The van der Waals surface area contributed by atoms with Crippen molar-refractivity contribution in [3.05, 3.63) is 89.1 Å². The summed E-state index contributed by atoms with van der Waals surface area (Å²) in [7, 11) is -3.71. The van der Waals surface area contributed by atoms with Gasteiger partial charge in [-0.3, -0.25) is 4.79 Å². The number of rotatable bonds is 7. The number of hydrogen-bond acceptors (Lipinski definition) is 5. The Kier molecular flexibility index (Phi) is 6.65. The largest absolute Gasteiger partial charge is 0.460 e. The molecule has 31 heavy (non-hydrogen) atoms. The number of sulfonamides is 1. The van der Waals surface area contributed by atoms with Crippen molar-refractivity contribution >= 4 is 27.7 Å². The minimum Gasteiger partial charge on any atom is -0.460 e. The number of nitrogens with zero attached hydrogens (tertiary/aromatic N) is 1. The molecule has 0 saturated heterocycles. The Morgan fingerprint density at radius 3 is 2.42 bits per heavy atom. The van der Waals surface area contributed by atoms with Crippen LogP contribution in [0.25, 0.3) is 6.08 Å². The molecule has 0 unspecified atom stereocenters. The molecule has 7 nitrogen and oxygen atoms in total. The molecule has 1 aromatic heterocycles. The molecule has 9 heteroatoms. The standard InChI is InChI=1S/C22H18FN3O4S/c1-15-2-10-21(11-3-15)31(28,29)25-14-20-9-8-19(30-20)12-16(13-24)22(27)26-18-6-4-17(23)5-7-18/h2-12,25H,14H2,1H3,(H,26,27). The van der Waals surface area contributed by atoms with Crippen LogP contribution in [0.15, 0.2) is 75.5 Å². The van der Waals surface area contributed by atoms with Gasteiger partial charge < -0.3 is 9.73 Å². The van der Waals surface area contributed by atoms with Crippen molar-refractivity contribution in [1.82, 2.24) is 4.72 Å². The lowest BCUT2D eigenvalue weighted by Gasteiger charge is -2.05. The fraction of sp³-hybridized carbons (Fsp3) is 0.0909. The summed E-state index contributed by atoms with van der Waals surface area (Å²) in [6, 6.07) is 16.3. The Hall–Kier alpha value is -3.74. The van der Waals surface area contributed by atoms with Crippen LogP contribution in [-0.2, 0) is 21.4 Å². The van der Waals surface area contributed by atoms with E-state index in [-0.39, 0.29) is 22.8 Å². The van der Waals surface area contributed by atoms with Crippen LogP contribution in [0.4, 0.5) is 10.1 Å². The van der Waals surface area contributed by atoms with E-state index in [4.69, 9.17) is 4.42 Å². The van der Waals surface area contributed by atoms with Crippen molar-refractivity contribution in [2.24, 2.45) is 0 Å². The van der Waals surface area contributed by atoms with Crippen molar-refractivity contribution in [1.29, 1.82) is 5.26 Å². The van der Waals surface area contributed by atoms with Crippen LogP contribution >= 0.6 is 0 Å². The lowest BCUT2D eigenvalue weighted by Crippen LogP contribution is -2.22. The Morgan fingerprint density at radius 1 is 1.10 bits per heavy atom. The van der Waals surface area contributed by atoms with E-state index in [1.807, 2.05) is 6.92 Å². The molecule has 0 fully saturated rings. The minimum absolute atomic E-state index is 0.103.